The van der Waals surface area contributed by atoms with Crippen LogP contribution in [-0.2, 0) is 11.2 Å². The zero-order chi connectivity index (χ0) is 22.5. The number of amides is 1. The molecule has 0 N–H and O–H groups in total. The van der Waals surface area contributed by atoms with Gasteiger partial charge < -0.3 is 19.2 Å². The third kappa shape index (κ3) is 5.16. The molecule has 4 heterocycles. The van der Waals surface area contributed by atoms with Crippen molar-refractivity contribution in [2.75, 3.05) is 49.1 Å². The Balaban J connectivity index is 1.11. The number of aryl methyl sites for hydroxylation is 1. The van der Waals surface area contributed by atoms with Crippen molar-refractivity contribution in [1.29, 1.82) is 0 Å². The molecular formula is C25H30N6O2. The number of benzene rings is 1. The van der Waals surface area contributed by atoms with E-state index < -0.39 is 0 Å². The number of aromatic nitrogens is 3. The van der Waals surface area contributed by atoms with Gasteiger partial charge >= 0.3 is 0 Å². The van der Waals surface area contributed by atoms with E-state index in [4.69, 9.17) is 4.52 Å². The Labute approximate surface area is 194 Å². The molecule has 0 aliphatic carbocycles. The summed E-state index contributed by atoms with van der Waals surface area (Å²) in [6, 6.07) is 14.3. The summed E-state index contributed by atoms with van der Waals surface area (Å²) in [5, 5.41) is 4.12. The third-order valence-corrected chi connectivity index (χ3v) is 6.47. The third-order valence-electron chi connectivity index (χ3n) is 6.47. The maximum absolute atomic E-state index is 12.7. The van der Waals surface area contributed by atoms with Gasteiger partial charge in [0.2, 0.25) is 17.6 Å². The monoisotopic (exact) mass is 446 g/mol. The van der Waals surface area contributed by atoms with Crippen LogP contribution in [0.15, 0.2) is 53.2 Å². The van der Waals surface area contributed by atoms with E-state index in [1.807, 2.05) is 35.2 Å². The molecule has 2 aromatic heterocycles. The summed E-state index contributed by atoms with van der Waals surface area (Å²) in [5.74, 6) is 2.17. The van der Waals surface area contributed by atoms with Gasteiger partial charge in [0.15, 0.2) is 0 Å². The van der Waals surface area contributed by atoms with Crippen LogP contribution in [0.5, 0.6) is 0 Å². The minimum Gasteiger partial charge on any atom is -0.372 e. The molecule has 2 aliphatic heterocycles. The number of pyridine rings is 1. The highest BCUT2D eigenvalue weighted by Gasteiger charge is 2.22. The second-order valence-electron chi connectivity index (χ2n) is 8.66. The van der Waals surface area contributed by atoms with E-state index >= 15 is 0 Å². The number of hydrogen-bond donors (Lipinski definition) is 0. The Morgan fingerprint density at radius 2 is 1.67 bits per heavy atom. The summed E-state index contributed by atoms with van der Waals surface area (Å²) in [6.45, 7) is 5.24. The molecule has 0 unspecified atom stereocenters. The molecule has 2 saturated heterocycles. The molecule has 172 valence electrons. The zero-order valence-corrected chi connectivity index (χ0v) is 18.9. The number of rotatable bonds is 6. The smallest absolute Gasteiger partial charge is 0.227 e. The summed E-state index contributed by atoms with van der Waals surface area (Å²) >= 11 is 0. The van der Waals surface area contributed by atoms with Crippen molar-refractivity contribution in [2.24, 2.45) is 0 Å². The maximum atomic E-state index is 12.7. The minimum absolute atomic E-state index is 0.126. The lowest BCUT2D eigenvalue weighted by molar-refractivity contribution is -0.131. The molecule has 8 nitrogen and oxygen atoms in total. The van der Waals surface area contributed by atoms with E-state index in [1.165, 1.54) is 24.9 Å². The van der Waals surface area contributed by atoms with Crippen molar-refractivity contribution >= 4 is 17.4 Å². The van der Waals surface area contributed by atoms with Crippen LogP contribution in [-0.4, -0.2) is 65.2 Å². The topological polar surface area (TPSA) is 78.6 Å². The SMILES string of the molecule is O=C(CCc1nc(-c2ccc(N3CCCCC3)cc2)no1)N1CCN(c2ccccn2)CC1. The standard InChI is InChI=1S/C25H30N6O2/c32-24(31-18-16-30(17-19-31)22-6-2-3-13-26-22)12-11-23-27-25(28-33-23)20-7-9-21(10-8-20)29-14-4-1-5-15-29/h2-3,6-10,13H,1,4-5,11-12,14-19H2. The fourth-order valence-electron chi connectivity index (χ4n) is 4.54. The summed E-state index contributed by atoms with van der Waals surface area (Å²) < 4.78 is 5.42. The number of nitrogens with zero attached hydrogens (tertiary/aromatic N) is 6. The molecule has 2 fully saturated rings. The van der Waals surface area contributed by atoms with Crippen molar-refractivity contribution in [2.45, 2.75) is 32.1 Å². The van der Waals surface area contributed by atoms with E-state index in [2.05, 4.69) is 37.1 Å². The molecular weight excluding hydrogens is 416 g/mol. The van der Waals surface area contributed by atoms with Crippen LogP contribution in [0, 0.1) is 0 Å². The number of piperazine rings is 1. The van der Waals surface area contributed by atoms with E-state index in [-0.39, 0.29) is 5.91 Å². The normalized spacial score (nSPS) is 16.8. The number of carbonyl (C=O) groups excluding carboxylic acids is 1. The summed E-state index contributed by atoms with van der Waals surface area (Å²) in [4.78, 5) is 28.1. The van der Waals surface area contributed by atoms with Crippen molar-refractivity contribution in [3.63, 3.8) is 0 Å². The second kappa shape index (κ2) is 10.0. The Kier molecular flexibility index (Phi) is 6.51. The van der Waals surface area contributed by atoms with Gasteiger partial charge in [-0.3, -0.25) is 4.79 Å². The lowest BCUT2D eigenvalue weighted by atomic mass is 10.1. The number of anilines is 2. The summed E-state index contributed by atoms with van der Waals surface area (Å²) in [6.07, 6.45) is 6.47. The zero-order valence-electron chi connectivity index (χ0n) is 18.9. The molecule has 8 heteroatoms. The first-order chi connectivity index (χ1) is 16.3. The Hall–Kier alpha value is -3.42. The van der Waals surface area contributed by atoms with Crippen molar-refractivity contribution in [3.05, 3.63) is 54.6 Å². The predicted octanol–water partition coefficient (Wildman–Crippen LogP) is 3.40. The van der Waals surface area contributed by atoms with Gasteiger partial charge in [-0.2, -0.15) is 4.98 Å². The molecule has 0 radical (unpaired) electrons. The largest absolute Gasteiger partial charge is 0.372 e. The van der Waals surface area contributed by atoms with E-state index in [0.29, 0.717) is 37.6 Å². The number of hydrogen-bond acceptors (Lipinski definition) is 7. The van der Waals surface area contributed by atoms with Gasteiger partial charge in [0, 0.05) is 69.6 Å². The van der Waals surface area contributed by atoms with Crippen molar-refractivity contribution in [3.8, 4) is 11.4 Å². The Bertz CT molecular complexity index is 1040. The van der Waals surface area contributed by atoms with Gasteiger partial charge in [-0.15, -0.1) is 0 Å². The first-order valence-corrected chi connectivity index (χ1v) is 11.9. The quantitative estimate of drug-likeness (QED) is 0.574. The van der Waals surface area contributed by atoms with Crippen LogP contribution in [0.3, 0.4) is 0 Å². The molecule has 0 atom stereocenters. The molecule has 0 spiro atoms. The van der Waals surface area contributed by atoms with Gasteiger partial charge in [0.25, 0.3) is 0 Å². The van der Waals surface area contributed by atoms with Gasteiger partial charge in [-0.05, 0) is 55.7 Å². The Morgan fingerprint density at radius 1 is 0.879 bits per heavy atom. The van der Waals surface area contributed by atoms with Crippen LogP contribution in [0.2, 0.25) is 0 Å². The fraction of sp³-hybridized carbons (Fsp3) is 0.440. The van der Waals surface area contributed by atoms with Gasteiger partial charge in [-0.25, -0.2) is 4.98 Å². The molecule has 1 amide bonds. The van der Waals surface area contributed by atoms with Crippen LogP contribution in [0.1, 0.15) is 31.6 Å². The number of carbonyl (C=O) groups is 1. The summed E-state index contributed by atoms with van der Waals surface area (Å²) in [7, 11) is 0. The molecule has 1 aromatic carbocycles. The average molecular weight is 447 g/mol. The van der Waals surface area contributed by atoms with Gasteiger partial charge in [0.05, 0.1) is 0 Å². The molecule has 0 saturated carbocycles. The van der Waals surface area contributed by atoms with E-state index in [9.17, 15) is 4.79 Å². The average Bonchev–Trinajstić information content (AvgIpc) is 3.38. The van der Waals surface area contributed by atoms with Gasteiger partial charge in [0.1, 0.15) is 5.82 Å². The van der Waals surface area contributed by atoms with Crippen LogP contribution < -0.4 is 9.80 Å². The van der Waals surface area contributed by atoms with Crippen LogP contribution >= 0.6 is 0 Å². The first kappa shape index (κ1) is 21.4. The highest BCUT2D eigenvalue weighted by Crippen LogP contribution is 2.24. The second-order valence-corrected chi connectivity index (χ2v) is 8.66. The molecule has 5 rings (SSSR count). The van der Waals surface area contributed by atoms with E-state index in [1.54, 1.807) is 6.20 Å². The molecule has 0 bridgehead atoms. The van der Waals surface area contributed by atoms with Crippen molar-refractivity contribution < 1.29 is 9.32 Å². The molecule has 33 heavy (non-hydrogen) atoms. The van der Waals surface area contributed by atoms with Crippen LogP contribution in [0.25, 0.3) is 11.4 Å². The summed E-state index contributed by atoms with van der Waals surface area (Å²) in [5.41, 5.74) is 2.18. The first-order valence-electron chi connectivity index (χ1n) is 11.9. The lowest BCUT2D eigenvalue weighted by Gasteiger charge is -2.35. The predicted molar refractivity (Wildman–Crippen MR) is 127 cm³/mol. The fourth-order valence-corrected chi connectivity index (χ4v) is 4.54. The van der Waals surface area contributed by atoms with Gasteiger partial charge in [-0.1, -0.05) is 11.2 Å². The maximum Gasteiger partial charge on any atom is 0.227 e. The van der Waals surface area contributed by atoms with Crippen molar-refractivity contribution in [1.82, 2.24) is 20.0 Å². The van der Waals surface area contributed by atoms with E-state index in [0.717, 1.165) is 37.6 Å². The highest BCUT2D eigenvalue weighted by atomic mass is 16.5. The minimum atomic E-state index is 0.126. The van der Waals surface area contributed by atoms with Crippen LogP contribution in [0.4, 0.5) is 11.5 Å². The number of piperidine rings is 1. The molecule has 2 aliphatic rings. The Morgan fingerprint density at radius 3 is 2.39 bits per heavy atom. The molecule has 3 aromatic rings. The highest BCUT2D eigenvalue weighted by molar-refractivity contribution is 5.76. The lowest BCUT2D eigenvalue weighted by Crippen LogP contribution is -2.49.